The van der Waals surface area contributed by atoms with Crippen molar-refractivity contribution in [1.82, 2.24) is 0 Å². The highest BCUT2D eigenvalue weighted by atomic mass is 19.1. The number of amides is 1. The van der Waals surface area contributed by atoms with Gasteiger partial charge in [-0.05, 0) is 42.3 Å². The summed E-state index contributed by atoms with van der Waals surface area (Å²) in [5.41, 5.74) is 1.07. The third kappa shape index (κ3) is 3.55. The third-order valence-electron chi connectivity index (χ3n) is 2.63. The van der Waals surface area contributed by atoms with E-state index in [1.54, 1.807) is 30.3 Å². The van der Waals surface area contributed by atoms with E-state index in [1.165, 1.54) is 12.1 Å². The lowest BCUT2D eigenvalue weighted by Gasteiger charge is -2.08. The molecule has 19 heavy (non-hydrogen) atoms. The van der Waals surface area contributed by atoms with E-state index in [4.69, 9.17) is 4.74 Å². The zero-order chi connectivity index (χ0) is 13.7. The molecule has 0 aliphatic carbocycles. The molecule has 0 aromatic heterocycles. The standard InChI is InChI=1S/C15H14FNO2/c1-2-11-10-12(8-9-14(11)16)17-15(18)19-13-6-4-3-5-7-13/h3-10H,2H2,1H3,(H,17,18). The first-order valence-corrected chi connectivity index (χ1v) is 6.01. The maximum absolute atomic E-state index is 13.3. The number of carbonyl (C=O) groups is 1. The van der Waals surface area contributed by atoms with E-state index in [0.29, 0.717) is 23.4 Å². The van der Waals surface area contributed by atoms with Crippen LogP contribution in [0, 0.1) is 5.82 Å². The minimum Gasteiger partial charge on any atom is -0.410 e. The summed E-state index contributed by atoms with van der Waals surface area (Å²) in [5.74, 6) is 0.183. The first kappa shape index (κ1) is 13.1. The van der Waals surface area contributed by atoms with E-state index in [1.807, 2.05) is 13.0 Å². The highest BCUT2D eigenvalue weighted by Crippen LogP contribution is 2.16. The van der Waals surface area contributed by atoms with Gasteiger partial charge in [-0.3, -0.25) is 5.32 Å². The molecule has 0 radical (unpaired) electrons. The Kier molecular flexibility index (Phi) is 4.13. The Bertz CT molecular complexity index is 570. The van der Waals surface area contributed by atoms with E-state index in [2.05, 4.69) is 5.32 Å². The van der Waals surface area contributed by atoms with Crippen LogP contribution in [0.3, 0.4) is 0 Å². The van der Waals surface area contributed by atoms with E-state index in [0.717, 1.165) is 0 Å². The lowest BCUT2D eigenvalue weighted by atomic mass is 10.1. The van der Waals surface area contributed by atoms with Crippen LogP contribution in [0.2, 0.25) is 0 Å². The van der Waals surface area contributed by atoms with Gasteiger partial charge in [0.1, 0.15) is 11.6 Å². The highest BCUT2D eigenvalue weighted by Gasteiger charge is 2.07. The molecule has 0 aliphatic rings. The molecule has 0 aliphatic heterocycles. The summed E-state index contributed by atoms with van der Waals surface area (Å²) < 4.78 is 18.4. The zero-order valence-corrected chi connectivity index (χ0v) is 10.5. The van der Waals surface area contributed by atoms with Crippen molar-refractivity contribution in [3.05, 3.63) is 59.9 Å². The molecule has 0 unspecified atom stereocenters. The first-order valence-electron chi connectivity index (χ1n) is 6.01. The second kappa shape index (κ2) is 6.00. The number of para-hydroxylation sites is 1. The van der Waals surface area contributed by atoms with Gasteiger partial charge in [-0.1, -0.05) is 25.1 Å². The average Bonchev–Trinajstić information content (AvgIpc) is 2.42. The molecular formula is C15H14FNO2. The van der Waals surface area contributed by atoms with Crippen LogP contribution in [0.15, 0.2) is 48.5 Å². The summed E-state index contributed by atoms with van der Waals surface area (Å²) in [7, 11) is 0. The number of hydrogen-bond donors (Lipinski definition) is 1. The molecule has 2 aromatic carbocycles. The predicted molar refractivity (Wildman–Crippen MR) is 71.9 cm³/mol. The van der Waals surface area contributed by atoms with Crippen LogP contribution in [-0.2, 0) is 6.42 Å². The van der Waals surface area contributed by atoms with Gasteiger partial charge < -0.3 is 4.74 Å². The van der Waals surface area contributed by atoms with Gasteiger partial charge in [0.15, 0.2) is 0 Å². The molecule has 2 rings (SSSR count). The quantitative estimate of drug-likeness (QED) is 0.904. The molecule has 0 saturated carbocycles. The van der Waals surface area contributed by atoms with Gasteiger partial charge in [0.05, 0.1) is 0 Å². The summed E-state index contributed by atoms with van der Waals surface area (Å²) >= 11 is 0. The molecule has 0 bridgehead atoms. The van der Waals surface area contributed by atoms with Crippen LogP contribution in [0.5, 0.6) is 5.75 Å². The fourth-order valence-electron chi connectivity index (χ4n) is 1.66. The lowest BCUT2D eigenvalue weighted by Crippen LogP contribution is -2.16. The SMILES string of the molecule is CCc1cc(NC(=O)Oc2ccccc2)ccc1F. The van der Waals surface area contributed by atoms with Crippen molar-refractivity contribution in [3.63, 3.8) is 0 Å². The molecule has 0 heterocycles. The van der Waals surface area contributed by atoms with Crippen molar-refractivity contribution < 1.29 is 13.9 Å². The topological polar surface area (TPSA) is 38.3 Å². The maximum atomic E-state index is 13.3. The Balaban J connectivity index is 2.03. The number of anilines is 1. The van der Waals surface area contributed by atoms with Gasteiger partial charge in [0.2, 0.25) is 0 Å². The fourth-order valence-corrected chi connectivity index (χ4v) is 1.66. The number of benzene rings is 2. The second-order valence-electron chi connectivity index (χ2n) is 3.99. The molecule has 0 fully saturated rings. The molecule has 4 heteroatoms. The van der Waals surface area contributed by atoms with Crippen molar-refractivity contribution in [2.75, 3.05) is 5.32 Å². The molecule has 0 atom stereocenters. The largest absolute Gasteiger partial charge is 0.417 e. The number of hydrogen-bond acceptors (Lipinski definition) is 2. The predicted octanol–water partition coefficient (Wildman–Crippen LogP) is 4.00. The molecule has 2 aromatic rings. The van der Waals surface area contributed by atoms with Crippen LogP contribution >= 0.6 is 0 Å². The Morgan fingerprint density at radius 2 is 1.95 bits per heavy atom. The van der Waals surface area contributed by atoms with Crippen LogP contribution in [0.25, 0.3) is 0 Å². The highest BCUT2D eigenvalue weighted by molar-refractivity contribution is 5.86. The van der Waals surface area contributed by atoms with E-state index in [-0.39, 0.29) is 5.82 Å². The number of nitrogens with one attached hydrogen (secondary N) is 1. The minimum atomic E-state index is -0.597. The summed E-state index contributed by atoms with van der Waals surface area (Å²) in [4.78, 5) is 11.6. The van der Waals surface area contributed by atoms with Crippen molar-refractivity contribution in [3.8, 4) is 5.75 Å². The Morgan fingerprint density at radius 3 is 2.63 bits per heavy atom. The summed E-state index contributed by atoms with van der Waals surface area (Å²) in [5, 5.41) is 2.56. The van der Waals surface area contributed by atoms with Crippen molar-refractivity contribution >= 4 is 11.8 Å². The maximum Gasteiger partial charge on any atom is 0.417 e. The van der Waals surface area contributed by atoms with E-state index in [9.17, 15) is 9.18 Å². The van der Waals surface area contributed by atoms with E-state index >= 15 is 0 Å². The van der Waals surface area contributed by atoms with Gasteiger partial charge in [-0.2, -0.15) is 0 Å². The molecule has 1 N–H and O–H groups in total. The Morgan fingerprint density at radius 1 is 1.21 bits per heavy atom. The molecule has 1 amide bonds. The Hall–Kier alpha value is -2.36. The lowest BCUT2D eigenvalue weighted by molar-refractivity contribution is 0.215. The number of ether oxygens (including phenoxy) is 1. The van der Waals surface area contributed by atoms with Gasteiger partial charge in [-0.25, -0.2) is 9.18 Å². The van der Waals surface area contributed by atoms with E-state index < -0.39 is 6.09 Å². The van der Waals surface area contributed by atoms with Gasteiger partial charge in [-0.15, -0.1) is 0 Å². The smallest absolute Gasteiger partial charge is 0.410 e. The molecular weight excluding hydrogens is 245 g/mol. The monoisotopic (exact) mass is 259 g/mol. The minimum absolute atomic E-state index is 0.274. The van der Waals surface area contributed by atoms with Crippen LogP contribution in [0.4, 0.5) is 14.9 Å². The average molecular weight is 259 g/mol. The van der Waals surface area contributed by atoms with Crippen LogP contribution in [-0.4, -0.2) is 6.09 Å². The Labute approximate surface area is 111 Å². The van der Waals surface area contributed by atoms with Crippen LogP contribution in [0.1, 0.15) is 12.5 Å². The first-order chi connectivity index (χ1) is 9.19. The number of aryl methyl sites for hydroxylation is 1. The van der Waals surface area contributed by atoms with Crippen LogP contribution < -0.4 is 10.1 Å². The van der Waals surface area contributed by atoms with Crippen molar-refractivity contribution in [1.29, 1.82) is 0 Å². The van der Waals surface area contributed by atoms with Crippen molar-refractivity contribution in [2.24, 2.45) is 0 Å². The number of rotatable bonds is 3. The zero-order valence-electron chi connectivity index (χ0n) is 10.5. The van der Waals surface area contributed by atoms with Gasteiger partial charge >= 0.3 is 6.09 Å². The van der Waals surface area contributed by atoms with Crippen molar-refractivity contribution in [2.45, 2.75) is 13.3 Å². The third-order valence-corrected chi connectivity index (χ3v) is 2.63. The summed E-state index contributed by atoms with van der Waals surface area (Å²) in [6.07, 6.45) is -0.0328. The normalized spacial score (nSPS) is 10.0. The molecule has 3 nitrogen and oxygen atoms in total. The molecule has 0 spiro atoms. The molecule has 98 valence electrons. The number of halogens is 1. The van der Waals surface area contributed by atoms with Gasteiger partial charge in [0.25, 0.3) is 0 Å². The number of carbonyl (C=O) groups excluding carboxylic acids is 1. The summed E-state index contributed by atoms with van der Waals surface area (Å²) in [6, 6.07) is 13.2. The van der Waals surface area contributed by atoms with Gasteiger partial charge in [0, 0.05) is 5.69 Å². The fraction of sp³-hybridized carbons (Fsp3) is 0.133. The summed E-state index contributed by atoms with van der Waals surface area (Å²) in [6.45, 7) is 1.85. The second-order valence-corrected chi connectivity index (χ2v) is 3.99. The molecule has 0 saturated heterocycles.